The first-order chi connectivity index (χ1) is 8.15. The van der Waals surface area contributed by atoms with Crippen LogP contribution in [0.3, 0.4) is 0 Å². The van der Waals surface area contributed by atoms with Crippen LogP contribution in [0.25, 0.3) is 0 Å². The van der Waals surface area contributed by atoms with Gasteiger partial charge in [0, 0.05) is 6.61 Å². The molecule has 0 unspecified atom stereocenters. The molecule has 0 aliphatic carbocycles. The van der Waals surface area contributed by atoms with Crippen LogP contribution in [0, 0.1) is 5.82 Å². The molecule has 1 aromatic carbocycles. The minimum atomic E-state index is -0.675. The molecule has 1 rings (SSSR count). The maximum absolute atomic E-state index is 13.5. The van der Waals surface area contributed by atoms with E-state index in [0.717, 1.165) is 6.42 Å². The summed E-state index contributed by atoms with van der Waals surface area (Å²) in [5, 5.41) is 9.28. The van der Waals surface area contributed by atoms with Crippen molar-refractivity contribution in [1.29, 1.82) is 0 Å². The topological polar surface area (TPSA) is 38.7 Å². The second-order valence-electron chi connectivity index (χ2n) is 3.83. The first-order valence-corrected chi connectivity index (χ1v) is 5.83. The molecule has 17 heavy (non-hydrogen) atoms. The predicted molar refractivity (Wildman–Crippen MR) is 63.6 cm³/mol. The van der Waals surface area contributed by atoms with Gasteiger partial charge >= 0.3 is 0 Å². The third-order valence-electron chi connectivity index (χ3n) is 2.27. The van der Waals surface area contributed by atoms with E-state index >= 15 is 0 Å². The zero-order chi connectivity index (χ0) is 12.7. The summed E-state index contributed by atoms with van der Waals surface area (Å²) in [4.78, 5) is 0. The molecule has 1 atom stereocenters. The lowest BCUT2D eigenvalue weighted by Gasteiger charge is -2.10. The van der Waals surface area contributed by atoms with Crippen molar-refractivity contribution in [3.63, 3.8) is 0 Å². The molecule has 4 heteroatoms. The Balaban J connectivity index is 2.43. The molecule has 96 valence electrons. The van der Waals surface area contributed by atoms with E-state index < -0.39 is 11.9 Å². The van der Waals surface area contributed by atoms with Gasteiger partial charge in [-0.05, 0) is 31.0 Å². The van der Waals surface area contributed by atoms with Gasteiger partial charge < -0.3 is 14.6 Å². The lowest BCUT2D eigenvalue weighted by Crippen LogP contribution is -2.08. The average Bonchev–Trinajstić information content (AvgIpc) is 2.30. The van der Waals surface area contributed by atoms with E-state index in [4.69, 9.17) is 9.47 Å². The number of aliphatic hydroxyl groups excluding tert-OH is 1. The minimum Gasteiger partial charge on any atom is -0.488 e. The SMILES string of the molecule is CCCOCCOc1ccc([C@H](C)O)cc1F. The molecule has 1 N–H and O–H groups in total. The highest BCUT2D eigenvalue weighted by Gasteiger charge is 2.07. The van der Waals surface area contributed by atoms with Crippen molar-refractivity contribution in [3.05, 3.63) is 29.6 Å². The van der Waals surface area contributed by atoms with Crippen molar-refractivity contribution in [2.24, 2.45) is 0 Å². The zero-order valence-electron chi connectivity index (χ0n) is 10.3. The van der Waals surface area contributed by atoms with Gasteiger partial charge in [-0.15, -0.1) is 0 Å². The first kappa shape index (κ1) is 13.9. The molecule has 0 heterocycles. The third kappa shape index (κ3) is 4.71. The number of aliphatic hydroxyl groups is 1. The van der Waals surface area contributed by atoms with Crippen molar-refractivity contribution in [3.8, 4) is 5.75 Å². The fourth-order valence-electron chi connectivity index (χ4n) is 1.35. The van der Waals surface area contributed by atoms with Crippen molar-refractivity contribution in [2.75, 3.05) is 19.8 Å². The quantitative estimate of drug-likeness (QED) is 0.747. The molecule has 0 fully saturated rings. The Bertz CT molecular complexity index is 339. The number of halogens is 1. The number of hydrogen-bond donors (Lipinski definition) is 1. The molecule has 0 bridgehead atoms. The van der Waals surface area contributed by atoms with Crippen LogP contribution in [0.5, 0.6) is 5.75 Å². The molecule has 3 nitrogen and oxygen atoms in total. The summed E-state index contributed by atoms with van der Waals surface area (Å²) in [6.45, 7) is 5.08. The van der Waals surface area contributed by atoms with Gasteiger partial charge in [-0.1, -0.05) is 13.0 Å². The number of benzene rings is 1. The number of ether oxygens (including phenoxy) is 2. The Kier molecular flexibility index (Phi) is 5.94. The maximum atomic E-state index is 13.5. The van der Waals surface area contributed by atoms with Crippen molar-refractivity contribution < 1.29 is 19.0 Å². The van der Waals surface area contributed by atoms with Crippen molar-refractivity contribution in [2.45, 2.75) is 26.4 Å². The van der Waals surface area contributed by atoms with Gasteiger partial charge in [0.1, 0.15) is 6.61 Å². The lowest BCUT2D eigenvalue weighted by atomic mass is 10.1. The van der Waals surface area contributed by atoms with Gasteiger partial charge in [-0.25, -0.2) is 4.39 Å². The summed E-state index contributed by atoms with van der Waals surface area (Å²) < 4.78 is 24.0. The van der Waals surface area contributed by atoms with Crippen LogP contribution < -0.4 is 4.74 Å². The van der Waals surface area contributed by atoms with Gasteiger partial charge in [-0.2, -0.15) is 0 Å². The summed E-state index contributed by atoms with van der Waals surface area (Å²) >= 11 is 0. The summed E-state index contributed by atoms with van der Waals surface area (Å²) in [6.07, 6.45) is 0.281. The van der Waals surface area contributed by atoms with Gasteiger partial charge in [-0.3, -0.25) is 0 Å². The van der Waals surface area contributed by atoms with E-state index in [9.17, 15) is 9.50 Å². The van der Waals surface area contributed by atoms with E-state index in [1.165, 1.54) is 12.1 Å². The highest BCUT2D eigenvalue weighted by molar-refractivity contribution is 5.30. The maximum Gasteiger partial charge on any atom is 0.165 e. The normalized spacial score (nSPS) is 12.5. The summed E-state index contributed by atoms with van der Waals surface area (Å²) in [5.41, 5.74) is 0.539. The van der Waals surface area contributed by atoms with Gasteiger partial charge in [0.25, 0.3) is 0 Å². The van der Waals surface area contributed by atoms with E-state index in [2.05, 4.69) is 0 Å². The molecule has 0 aromatic heterocycles. The van der Waals surface area contributed by atoms with Crippen LogP contribution in [0.15, 0.2) is 18.2 Å². The standard InChI is InChI=1S/C13H19FO3/c1-3-6-16-7-8-17-13-5-4-11(10(2)15)9-12(13)14/h4-5,9-10,15H,3,6-8H2,1-2H3/t10-/m0/s1. The second kappa shape index (κ2) is 7.25. The Hall–Kier alpha value is -1.13. The van der Waals surface area contributed by atoms with Gasteiger partial charge in [0.15, 0.2) is 11.6 Å². The molecule has 0 saturated heterocycles. The fourth-order valence-corrected chi connectivity index (χ4v) is 1.35. The molecule has 0 saturated carbocycles. The fraction of sp³-hybridized carbons (Fsp3) is 0.538. The average molecular weight is 242 g/mol. The summed E-state index contributed by atoms with van der Waals surface area (Å²) in [7, 11) is 0. The zero-order valence-corrected chi connectivity index (χ0v) is 10.3. The molecule has 1 aromatic rings. The van der Waals surface area contributed by atoms with Crippen LogP contribution in [0.2, 0.25) is 0 Å². The van der Waals surface area contributed by atoms with Crippen molar-refractivity contribution in [1.82, 2.24) is 0 Å². The van der Waals surface area contributed by atoms with Crippen LogP contribution in [-0.4, -0.2) is 24.9 Å². The van der Waals surface area contributed by atoms with E-state index in [-0.39, 0.29) is 5.75 Å². The number of rotatable bonds is 7. The lowest BCUT2D eigenvalue weighted by molar-refractivity contribution is 0.0991. The highest BCUT2D eigenvalue weighted by Crippen LogP contribution is 2.21. The molecular weight excluding hydrogens is 223 g/mol. The Labute approximate surface area is 101 Å². The molecule has 0 amide bonds. The second-order valence-corrected chi connectivity index (χ2v) is 3.83. The molecule has 0 radical (unpaired) electrons. The summed E-state index contributed by atoms with van der Waals surface area (Å²) in [6, 6.07) is 4.46. The van der Waals surface area contributed by atoms with Gasteiger partial charge in [0.05, 0.1) is 12.7 Å². The molecule has 0 spiro atoms. The predicted octanol–water partition coefficient (Wildman–Crippen LogP) is 2.68. The van der Waals surface area contributed by atoms with Crippen LogP contribution >= 0.6 is 0 Å². The first-order valence-electron chi connectivity index (χ1n) is 5.83. The largest absolute Gasteiger partial charge is 0.488 e. The third-order valence-corrected chi connectivity index (χ3v) is 2.27. The smallest absolute Gasteiger partial charge is 0.165 e. The highest BCUT2D eigenvalue weighted by atomic mass is 19.1. The van der Waals surface area contributed by atoms with E-state index in [0.29, 0.717) is 25.4 Å². The monoisotopic (exact) mass is 242 g/mol. The Morgan fingerprint density at radius 1 is 1.29 bits per heavy atom. The number of hydrogen-bond acceptors (Lipinski definition) is 3. The van der Waals surface area contributed by atoms with Gasteiger partial charge in [0.2, 0.25) is 0 Å². The van der Waals surface area contributed by atoms with E-state index in [1.54, 1.807) is 13.0 Å². The minimum absolute atomic E-state index is 0.189. The molecular formula is C13H19FO3. The van der Waals surface area contributed by atoms with Crippen LogP contribution in [-0.2, 0) is 4.74 Å². The van der Waals surface area contributed by atoms with E-state index in [1.807, 2.05) is 6.92 Å². The molecule has 0 aliphatic heterocycles. The van der Waals surface area contributed by atoms with Crippen LogP contribution in [0.4, 0.5) is 4.39 Å². The van der Waals surface area contributed by atoms with Crippen molar-refractivity contribution >= 4 is 0 Å². The summed E-state index contributed by atoms with van der Waals surface area (Å²) in [5.74, 6) is -0.270. The molecule has 0 aliphatic rings. The Morgan fingerprint density at radius 2 is 2.06 bits per heavy atom. The Morgan fingerprint density at radius 3 is 2.65 bits per heavy atom. The van der Waals surface area contributed by atoms with Crippen LogP contribution in [0.1, 0.15) is 31.9 Å².